The van der Waals surface area contributed by atoms with Gasteiger partial charge in [-0.1, -0.05) is 0 Å². The van der Waals surface area contributed by atoms with Crippen molar-refractivity contribution in [3.05, 3.63) is 58.7 Å². The Morgan fingerprint density at radius 2 is 1.94 bits per heavy atom. The Morgan fingerprint density at radius 1 is 1.17 bits per heavy atom. The van der Waals surface area contributed by atoms with Gasteiger partial charge in [-0.2, -0.15) is 13.2 Å². The van der Waals surface area contributed by atoms with Crippen LogP contribution in [0.5, 0.6) is 0 Å². The van der Waals surface area contributed by atoms with Gasteiger partial charge in [0.1, 0.15) is 5.82 Å². The number of nitrogens with one attached hydrogen (secondary N) is 1. The number of halogens is 4. The summed E-state index contributed by atoms with van der Waals surface area (Å²) in [6.07, 6.45) is -0.0946. The van der Waals surface area contributed by atoms with Gasteiger partial charge in [0.2, 0.25) is 5.91 Å². The van der Waals surface area contributed by atoms with Crippen molar-refractivity contribution < 1.29 is 22.4 Å². The molecule has 1 aliphatic heterocycles. The maximum Gasteiger partial charge on any atom is 0.418 e. The fourth-order valence-corrected chi connectivity index (χ4v) is 4.58. The first-order chi connectivity index (χ1) is 17.1. The van der Waals surface area contributed by atoms with Crippen LogP contribution < -0.4 is 5.32 Å². The molecule has 0 radical (unpaired) electrons. The molecular formula is C26H33F4N5O. The number of pyridine rings is 1. The lowest BCUT2D eigenvalue weighted by Gasteiger charge is -2.31. The van der Waals surface area contributed by atoms with E-state index in [4.69, 9.17) is 0 Å². The van der Waals surface area contributed by atoms with E-state index in [0.717, 1.165) is 30.6 Å². The average molecular weight is 508 g/mol. The van der Waals surface area contributed by atoms with Gasteiger partial charge in [0.25, 0.3) is 0 Å². The second-order valence-electron chi connectivity index (χ2n) is 9.95. The minimum absolute atomic E-state index is 0.106. The summed E-state index contributed by atoms with van der Waals surface area (Å²) in [6, 6.07) is 5.28. The summed E-state index contributed by atoms with van der Waals surface area (Å²) in [5.74, 6) is 0.128. The zero-order chi connectivity index (χ0) is 25.9. The Labute approximate surface area is 209 Å². The third-order valence-corrected chi connectivity index (χ3v) is 6.78. The van der Waals surface area contributed by atoms with Gasteiger partial charge in [0, 0.05) is 50.2 Å². The van der Waals surface area contributed by atoms with Crippen LogP contribution in [0.25, 0.3) is 0 Å². The number of anilines is 1. The third kappa shape index (κ3) is 6.73. The average Bonchev–Trinajstić information content (AvgIpc) is 3.65. The summed E-state index contributed by atoms with van der Waals surface area (Å²) in [5.41, 5.74) is 1.20. The van der Waals surface area contributed by atoms with Gasteiger partial charge in [-0.15, -0.1) is 0 Å². The van der Waals surface area contributed by atoms with Crippen molar-refractivity contribution in [1.29, 1.82) is 0 Å². The molecule has 36 heavy (non-hydrogen) atoms. The van der Waals surface area contributed by atoms with Crippen molar-refractivity contribution in [2.45, 2.75) is 38.5 Å². The maximum atomic E-state index is 14.6. The number of aromatic nitrogens is 1. The number of hydrogen-bond acceptors (Lipinski definition) is 5. The number of fused-ring (bicyclic) bond motifs is 1. The molecule has 6 nitrogen and oxygen atoms in total. The lowest BCUT2D eigenvalue weighted by molar-refractivity contribution is -0.140. The number of benzene rings is 1. The van der Waals surface area contributed by atoms with Crippen molar-refractivity contribution in [1.82, 2.24) is 19.7 Å². The normalized spacial score (nSPS) is 16.2. The number of amides is 1. The number of carbonyl (C=O) groups excluding carboxylic acids is 1. The van der Waals surface area contributed by atoms with Gasteiger partial charge in [0.05, 0.1) is 24.3 Å². The molecule has 10 heteroatoms. The van der Waals surface area contributed by atoms with E-state index in [2.05, 4.69) is 15.2 Å². The molecule has 2 heterocycles. The SMILES string of the molecule is CN(C)CCN(Cc1ncccc1C(F)(F)F)C(=O)CNc1ccc(F)c2c1CCN(CC1CC1)C2. The number of likely N-dealkylation sites (N-methyl/N-ethyl adjacent to an activating group) is 1. The van der Waals surface area contributed by atoms with Crippen molar-refractivity contribution in [2.24, 2.45) is 5.92 Å². The first-order valence-corrected chi connectivity index (χ1v) is 12.3. The first kappa shape index (κ1) is 26.3. The van der Waals surface area contributed by atoms with Crippen molar-refractivity contribution in [3.8, 4) is 0 Å². The van der Waals surface area contributed by atoms with E-state index in [1.165, 1.54) is 36.1 Å². The van der Waals surface area contributed by atoms with Gasteiger partial charge >= 0.3 is 6.18 Å². The summed E-state index contributed by atoms with van der Waals surface area (Å²) in [6.45, 7) is 2.76. The molecule has 1 aromatic heterocycles. The molecule has 1 saturated carbocycles. The van der Waals surface area contributed by atoms with Crippen LogP contribution in [0.2, 0.25) is 0 Å². The summed E-state index contributed by atoms with van der Waals surface area (Å²) in [5, 5.41) is 3.13. The van der Waals surface area contributed by atoms with E-state index in [9.17, 15) is 22.4 Å². The molecule has 4 rings (SSSR count). The van der Waals surface area contributed by atoms with Gasteiger partial charge in [-0.05, 0) is 69.1 Å². The smallest absolute Gasteiger partial charge is 0.376 e. The Bertz CT molecular complexity index is 1070. The second kappa shape index (κ2) is 11.1. The van der Waals surface area contributed by atoms with Gasteiger partial charge < -0.3 is 15.1 Å². The summed E-state index contributed by atoms with van der Waals surface area (Å²) in [7, 11) is 3.67. The summed E-state index contributed by atoms with van der Waals surface area (Å²) < 4.78 is 55.1. The van der Waals surface area contributed by atoms with Gasteiger partial charge in [0.15, 0.2) is 0 Å². The first-order valence-electron chi connectivity index (χ1n) is 12.3. The Balaban J connectivity index is 1.46. The van der Waals surface area contributed by atoms with Crippen molar-refractivity contribution >= 4 is 11.6 Å². The van der Waals surface area contributed by atoms with Crippen LogP contribution in [0, 0.1) is 11.7 Å². The zero-order valence-electron chi connectivity index (χ0n) is 20.7. The highest BCUT2D eigenvalue weighted by Crippen LogP contribution is 2.34. The minimum atomic E-state index is -4.56. The Morgan fingerprint density at radius 3 is 2.64 bits per heavy atom. The van der Waals surface area contributed by atoms with Gasteiger partial charge in [-0.25, -0.2) is 4.39 Å². The topological polar surface area (TPSA) is 51.7 Å². The summed E-state index contributed by atoms with van der Waals surface area (Å²) >= 11 is 0. The molecule has 2 aliphatic rings. The van der Waals surface area contributed by atoms with Crippen molar-refractivity contribution in [3.63, 3.8) is 0 Å². The predicted octanol–water partition coefficient (Wildman–Crippen LogP) is 4.01. The molecule has 0 bridgehead atoms. The fraction of sp³-hybridized carbons (Fsp3) is 0.538. The standard InChI is InChI=1S/C26H33F4N5O/c1-33(2)12-13-35(17-24-21(26(28,29)30)4-3-10-31-24)25(36)14-32-23-8-7-22(27)20-16-34(11-9-19(20)23)15-18-5-6-18/h3-4,7-8,10,18,32H,5-6,9,11-17H2,1-2H3. The molecular weight excluding hydrogens is 474 g/mol. The lowest BCUT2D eigenvalue weighted by atomic mass is 9.96. The van der Waals surface area contributed by atoms with Crippen molar-refractivity contribution in [2.75, 3.05) is 52.1 Å². The van der Waals surface area contributed by atoms with E-state index >= 15 is 0 Å². The molecule has 196 valence electrons. The van der Waals surface area contributed by atoms with Crippen LogP contribution in [0.3, 0.4) is 0 Å². The molecule has 0 atom stereocenters. The highest BCUT2D eigenvalue weighted by Gasteiger charge is 2.34. The highest BCUT2D eigenvalue weighted by atomic mass is 19.4. The molecule has 1 amide bonds. The van der Waals surface area contributed by atoms with E-state index in [0.29, 0.717) is 30.8 Å². The van der Waals surface area contributed by atoms with Crippen LogP contribution in [-0.4, -0.2) is 72.4 Å². The van der Waals surface area contributed by atoms with E-state index < -0.39 is 11.7 Å². The van der Waals surface area contributed by atoms with Crippen LogP contribution >= 0.6 is 0 Å². The predicted molar refractivity (Wildman–Crippen MR) is 130 cm³/mol. The molecule has 2 aromatic rings. The second-order valence-corrected chi connectivity index (χ2v) is 9.95. The third-order valence-electron chi connectivity index (χ3n) is 6.78. The molecule has 0 unspecified atom stereocenters. The number of alkyl halides is 3. The van der Waals surface area contributed by atoms with Crippen LogP contribution in [0.15, 0.2) is 30.5 Å². The van der Waals surface area contributed by atoms with Crippen LogP contribution in [0.4, 0.5) is 23.2 Å². The number of hydrogen-bond donors (Lipinski definition) is 1. The minimum Gasteiger partial charge on any atom is -0.376 e. The maximum absolute atomic E-state index is 14.6. The molecule has 1 aromatic carbocycles. The highest BCUT2D eigenvalue weighted by molar-refractivity contribution is 5.81. The Hall–Kier alpha value is -2.72. The molecule has 0 saturated heterocycles. The van der Waals surface area contributed by atoms with E-state index in [-0.39, 0.29) is 37.1 Å². The largest absolute Gasteiger partial charge is 0.418 e. The van der Waals surface area contributed by atoms with Gasteiger partial charge in [-0.3, -0.25) is 14.7 Å². The summed E-state index contributed by atoms with van der Waals surface area (Å²) in [4.78, 5) is 22.6. The molecule has 0 spiro atoms. The number of carbonyl (C=O) groups is 1. The van der Waals surface area contributed by atoms with Crippen LogP contribution in [0.1, 0.15) is 35.2 Å². The monoisotopic (exact) mass is 507 g/mol. The number of nitrogens with zero attached hydrogens (tertiary/aromatic N) is 4. The molecule has 1 fully saturated rings. The molecule has 1 N–H and O–H groups in total. The van der Waals surface area contributed by atoms with E-state index in [1.807, 2.05) is 19.0 Å². The zero-order valence-corrected chi connectivity index (χ0v) is 20.7. The fourth-order valence-electron chi connectivity index (χ4n) is 4.58. The lowest BCUT2D eigenvalue weighted by Crippen LogP contribution is -2.40. The van der Waals surface area contributed by atoms with E-state index in [1.54, 1.807) is 6.07 Å². The Kier molecular flexibility index (Phi) is 8.14. The van der Waals surface area contributed by atoms with Crippen LogP contribution in [-0.2, 0) is 30.5 Å². The molecule has 1 aliphatic carbocycles. The quantitative estimate of drug-likeness (QED) is 0.493. The number of rotatable bonds is 10.